The normalized spacial score (nSPS) is 14.5. The standard InChI is InChI=1S/C20H16FN7O2/c1-2-30-14-9-5-11(6-10-14)16-15-17(19(29)24-23-16)22-20-25-26-27-28(20)18(15)12-3-7-13(21)8-4-12/h3-10,18H,2H2,1H3,(H,24,29)(H,22,25,27)/t18-/m0/s1. The average Bonchev–Trinajstić information content (AvgIpc) is 3.23. The molecule has 1 aliphatic heterocycles. The van der Waals surface area contributed by atoms with Crippen molar-refractivity contribution in [2.75, 3.05) is 11.9 Å². The summed E-state index contributed by atoms with van der Waals surface area (Å²) in [5, 5.41) is 21.6. The van der Waals surface area contributed by atoms with Crippen molar-refractivity contribution >= 4 is 11.6 Å². The van der Waals surface area contributed by atoms with Crippen molar-refractivity contribution in [3.05, 3.63) is 75.8 Å². The van der Waals surface area contributed by atoms with Gasteiger partial charge in [-0.2, -0.15) is 9.78 Å². The number of anilines is 2. The quantitative estimate of drug-likeness (QED) is 0.473. The number of tetrazole rings is 1. The Labute approximate surface area is 169 Å². The molecule has 9 nitrogen and oxygen atoms in total. The Bertz CT molecular complexity index is 1270. The summed E-state index contributed by atoms with van der Waals surface area (Å²) in [6, 6.07) is 12.8. The van der Waals surface area contributed by atoms with Gasteiger partial charge >= 0.3 is 0 Å². The number of nitrogens with zero attached hydrogens (tertiary/aromatic N) is 5. The predicted octanol–water partition coefficient (Wildman–Crippen LogP) is 2.66. The van der Waals surface area contributed by atoms with Crippen molar-refractivity contribution in [1.29, 1.82) is 0 Å². The van der Waals surface area contributed by atoms with Gasteiger partial charge in [-0.15, -0.1) is 0 Å². The summed E-state index contributed by atoms with van der Waals surface area (Å²) >= 11 is 0. The van der Waals surface area contributed by atoms with Crippen LogP contribution in [0.15, 0.2) is 53.3 Å². The molecule has 0 radical (unpaired) electrons. The summed E-state index contributed by atoms with van der Waals surface area (Å²) in [6.07, 6.45) is 0. The van der Waals surface area contributed by atoms with E-state index >= 15 is 0 Å². The van der Waals surface area contributed by atoms with Crippen LogP contribution in [0.5, 0.6) is 5.75 Å². The fourth-order valence-corrected chi connectivity index (χ4v) is 3.59. The zero-order chi connectivity index (χ0) is 20.7. The smallest absolute Gasteiger partial charge is 0.288 e. The van der Waals surface area contributed by atoms with E-state index in [-0.39, 0.29) is 5.82 Å². The summed E-state index contributed by atoms with van der Waals surface area (Å²) in [6.45, 7) is 2.47. The zero-order valence-corrected chi connectivity index (χ0v) is 15.8. The molecule has 2 aromatic heterocycles. The number of fused-ring (bicyclic) bond motifs is 2. The molecule has 1 atom stereocenters. The highest BCUT2D eigenvalue weighted by Gasteiger charge is 2.34. The first-order chi connectivity index (χ1) is 14.7. The second-order valence-corrected chi connectivity index (χ2v) is 6.67. The number of H-pyrrole nitrogens is 1. The van der Waals surface area contributed by atoms with Gasteiger partial charge in [0.15, 0.2) is 0 Å². The Morgan fingerprint density at radius 3 is 2.63 bits per heavy atom. The van der Waals surface area contributed by atoms with Crippen molar-refractivity contribution in [1.82, 2.24) is 30.4 Å². The van der Waals surface area contributed by atoms with Crippen LogP contribution in [0, 0.1) is 5.82 Å². The van der Waals surface area contributed by atoms with Gasteiger partial charge in [0.05, 0.1) is 12.3 Å². The summed E-state index contributed by atoms with van der Waals surface area (Å²) in [5.41, 5.74) is 2.53. The minimum absolute atomic E-state index is 0.297. The van der Waals surface area contributed by atoms with Crippen LogP contribution in [-0.2, 0) is 0 Å². The highest BCUT2D eigenvalue weighted by atomic mass is 19.1. The van der Waals surface area contributed by atoms with E-state index < -0.39 is 11.6 Å². The molecule has 2 aromatic carbocycles. The largest absolute Gasteiger partial charge is 0.494 e. The number of benzene rings is 2. The predicted molar refractivity (Wildman–Crippen MR) is 106 cm³/mol. The highest BCUT2D eigenvalue weighted by Crippen LogP contribution is 2.41. The van der Waals surface area contributed by atoms with Crippen molar-refractivity contribution < 1.29 is 9.13 Å². The van der Waals surface area contributed by atoms with Crippen LogP contribution in [0.1, 0.15) is 24.1 Å². The molecule has 0 unspecified atom stereocenters. The molecule has 0 fully saturated rings. The maximum absolute atomic E-state index is 13.6. The van der Waals surface area contributed by atoms with Gasteiger partial charge in [0.25, 0.3) is 5.56 Å². The van der Waals surface area contributed by atoms with Gasteiger partial charge in [0, 0.05) is 11.1 Å². The Kier molecular flexibility index (Phi) is 4.24. The van der Waals surface area contributed by atoms with E-state index in [0.29, 0.717) is 35.1 Å². The lowest BCUT2D eigenvalue weighted by Gasteiger charge is -2.27. The van der Waals surface area contributed by atoms with Gasteiger partial charge in [-0.25, -0.2) is 9.49 Å². The van der Waals surface area contributed by atoms with E-state index in [2.05, 4.69) is 31.0 Å². The Morgan fingerprint density at radius 2 is 1.90 bits per heavy atom. The number of rotatable bonds is 4. The second-order valence-electron chi connectivity index (χ2n) is 6.67. The fourth-order valence-electron chi connectivity index (χ4n) is 3.59. The number of aromatic nitrogens is 6. The van der Waals surface area contributed by atoms with Crippen LogP contribution < -0.4 is 15.6 Å². The van der Waals surface area contributed by atoms with Crippen LogP contribution in [0.3, 0.4) is 0 Å². The van der Waals surface area contributed by atoms with E-state index in [1.807, 2.05) is 31.2 Å². The molecule has 2 N–H and O–H groups in total. The number of halogens is 1. The van der Waals surface area contributed by atoms with Gasteiger partial charge in [-0.3, -0.25) is 4.79 Å². The third-order valence-corrected chi connectivity index (χ3v) is 4.89. The molecule has 5 rings (SSSR count). The molecule has 10 heteroatoms. The maximum Gasteiger partial charge on any atom is 0.288 e. The molecule has 30 heavy (non-hydrogen) atoms. The van der Waals surface area contributed by atoms with Crippen molar-refractivity contribution in [3.63, 3.8) is 0 Å². The third-order valence-electron chi connectivity index (χ3n) is 4.89. The monoisotopic (exact) mass is 405 g/mol. The molecule has 0 aliphatic carbocycles. The molecule has 0 amide bonds. The van der Waals surface area contributed by atoms with E-state index in [0.717, 1.165) is 11.3 Å². The van der Waals surface area contributed by atoms with Gasteiger partial charge in [0.2, 0.25) is 5.95 Å². The molecular formula is C20H16FN7O2. The molecule has 1 aliphatic rings. The lowest BCUT2D eigenvalue weighted by Crippen LogP contribution is -2.29. The van der Waals surface area contributed by atoms with Gasteiger partial charge < -0.3 is 10.1 Å². The van der Waals surface area contributed by atoms with Crippen molar-refractivity contribution in [2.24, 2.45) is 0 Å². The van der Waals surface area contributed by atoms with Crippen LogP contribution in [0.2, 0.25) is 0 Å². The van der Waals surface area contributed by atoms with Crippen LogP contribution >= 0.6 is 0 Å². The third kappa shape index (κ3) is 2.89. The Hall–Kier alpha value is -4.08. The van der Waals surface area contributed by atoms with Gasteiger partial charge in [-0.1, -0.05) is 17.2 Å². The number of aromatic amines is 1. The number of ether oxygens (including phenoxy) is 1. The lowest BCUT2D eigenvalue weighted by atomic mass is 9.92. The van der Waals surface area contributed by atoms with E-state index in [1.54, 1.807) is 16.8 Å². The molecule has 0 bridgehead atoms. The van der Waals surface area contributed by atoms with E-state index in [1.165, 1.54) is 12.1 Å². The number of hydrogen-bond donors (Lipinski definition) is 2. The minimum atomic E-state index is -0.566. The first kappa shape index (κ1) is 18.0. The van der Waals surface area contributed by atoms with E-state index in [4.69, 9.17) is 4.74 Å². The van der Waals surface area contributed by atoms with Crippen LogP contribution in [0.25, 0.3) is 11.3 Å². The van der Waals surface area contributed by atoms with Crippen LogP contribution in [-0.4, -0.2) is 37.0 Å². The summed E-state index contributed by atoms with van der Waals surface area (Å²) in [4.78, 5) is 12.6. The first-order valence-corrected chi connectivity index (χ1v) is 9.32. The summed E-state index contributed by atoms with van der Waals surface area (Å²) in [5.74, 6) is 0.683. The minimum Gasteiger partial charge on any atom is -0.494 e. The number of nitrogens with one attached hydrogen (secondary N) is 2. The molecular weight excluding hydrogens is 389 g/mol. The second kappa shape index (κ2) is 7.07. The van der Waals surface area contributed by atoms with E-state index in [9.17, 15) is 9.18 Å². The average molecular weight is 405 g/mol. The SMILES string of the molecule is CCOc1ccc(-c2n[nH]c(=O)c3c2[C@H](c2ccc(F)cc2)n2nnnc2N3)cc1. The molecule has 150 valence electrons. The summed E-state index contributed by atoms with van der Waals surface area (Å²) in [7, 11) is 0. The summed E-state index contributed by atoms with van der Waals surface area (Å²) < 4.78 is 20.6. The van der Waals surface area contributed by atoms with Gasteiger partial charge in [-0.05, 0) is 59.3 Å². The first-order valence-electron chi connectivity index (χ1n) is 9.32. The number of hydrogen-bond acceptors (Lipinski definition) is 7. The molecule has 0 saturated carbocycles. The highest BCUT2D eigenvalue weighted by molar-refractivity contribution is 5.75. The van der Waals surface area contributed by atoms with Crippen molar-refractivity contribution in [3.8, 4) is 17.0 Å². The molecule has 0 saturated heterocycles. The van der Waals surface area contributed by atoms with Crippen LogP contribution in [0.4, 0.5) is 16.0 Å². The Morgan fingerprint density at radius 1 is 1.13 bits per heavy atom. The lowest BCUT2D eigenvalue weighted by molar-refractivity contribution is 0.340. The molecule has 0 spiro atoms. The Balaban J connectivity index is 1.73. The maximum atomic E-state index is 13.6. The fraction of sp³-hybridized carbons (Fsp3) is 0.150. The van der Waals surface area contributed by atoms with Gasteiger partial charge in [0.1, 0.15) is 23.3 Å². The molecule has 4 aromatic rings. The van der Waals surface area contributed by atoms with Crippen molar-refractivity contribution in [2.45, 2.75) is 13.0 Å². The molecule has 3 heterocycles. The zero-order valence-electron chi connectivity index (χ0n) is 15.8. The topological polar surface area (TPSA) is 111 Å².